The van der Waals surface area contributed by atoms with Crippen LogP contribution >= 0.6 is 0 Å². The number of aliphatic hydroxyl groups excluding tert-OH is 2. The average molecular weight is 317 g/mol. The van der Waals surface area contributed by atoms with Gasteiger partial charge in [-0.3, -0.25) is 14.4 Å². The van der Waals surface area contributed by atoms with Crippen molar-refractivity contribution >= 4 is 17.7 Å². The number of rotatable bonds is 10. The van der Waals surface area contributed by atoms with E-state index in [9.17, 15) is 19.5 Å². The van der Waals surface area contributed by atoms with Crippen molar-refractivity contribution in [1.82, 2.24) is 16.0 Å². The van der Waals surface area contributed by atoms with Crippen LogP contribution in [0, 0.1) is 5.41 Å². The van der Waals surface area contributed by atoms with E-state index in [1.54, 1.807) is 20.8 Å². The van der Waals surface area contributed by atoms with E-state index >= 15 is 0 Å². The van der Waals surface area contributed by atoms with E-state index in [1.807, 2.05) is 0 Å². The summed E-state index contributed by atoms with van der Waals surface area (Å²) < 4.78 is 0. The summed E-state index contributed by atoms with van der Waals surface area (Å²) in [6.07, 6.45) is -0.878. The summed E-state index contributed by atoms with van der Waals surface area (Å²) in [4.78, 5) is 34.1. The third kappa shape index (κ3) is 7.94. The Morgan fingerprint density at radius 2 is 1.55 bits per heavy atom. The lowest BCUT2D eigenvalue weighted by molar-refractivity contribution is -0.137. The summed E-state index contributed by atoms with van der Waals surface area (Å²) in [5.41, 5.74) is -0.941. The number of amides is 3. The van der Waals surface area contributed by atoms with Gasteiger partial charge in [0.25, 0.3) is 0 Å². The number of aliphatic hydroxyl groups is 2. The molecule has 3 amide bonds. The molecule has 0 saturated carbocycles. The first kappa shape index (κ1) is 20.3. The molecular weight excluding hydrogens is 290 g/mol. The van der Waals surface area contributed by atoms with Gasteiger partial charge in [0.05, 0.1) is 6.61 Å². The maximum atomic E-state index is 11.6. The molecule has 0 aliphatic heterocycles. The number of carbonyl (C=O) groups excluding carboxylic acids is 3. The summed E-state index contributed by atoms with van der Waals surface area (Å²) >= 11 is 0. The second kappa shape index (κ2) is 10.1. The van der Waals surface area contributed by atoms with Crippen molar-refractivity contribution in [2.24, 2.45) is 5.41 Å². The highest BCUT2D eigenvalue weighted by molar-refractivity contribution is 5.82. The minimum atomic E-state index is -1.34. The summed E-state index contributed by atoms with van der Waals surface area (Å²) in [5.74, 6) is -0.967. The first-order valence-electron chi connectivity index (χ1n) is 7.34. The molecule has 8 heteroatoms. The maximum Gasteiger partial charge on any atom is 0.249 e. The van der Waals surface area contributed by atoms with Crippen LogP contribution < -0.4 is 16.0 Å². The largest absolute Gasteiger partial charge is 0.396 e. The van der Waals surface area contributed by atoms with Crippen molar-refractivity contribution in [1.29, 1.82) is 0 Å². The lowest BCUT2D eigenvalue weighted by Gasteiger charge is -2.27. The predicted molar refractivity (Wildman–Crippen MR) is 80.8 cm³/mol. The Bertz CT molecular complexity index is 385. The Morgan fingerprint density at radius 3 is 2.05 bits per heavy atom. The fourth-order valence-electron chi connectivity index (χ4n) is 1.45. The number of nitrogens with one attached hydrogen (secondary N) is 3. The second-order valence-corrected chi connectivity index (χ2v) is 5.64. The van der Waals surface area contributed by atoms with Gasteiger partial charge in [-0.15, -0.1) is 0 Å². The molecule has 22 heavy (non-hydrogen) atoms. The molecule has 0 heterocycles. The second-order valence-electron chi connectivity index (χ2n) is 5.64. The van der Waals surface area contributed by atoms with Crippen LogP contribution in [0.25, 0.3) is 0 Å². The SMILES string of the molecule is CCC(=O)NCCNC(=O)CCNC(=O)[C@H](O)C(C)(C)CO. The Labute approximate surface area is 130 Å². The molecule has 0 aromatic heterocycles. The maximum absolute atomic E-state index is 11.6. The van der Waals surface area contributed by atoms with Crippen LogP contribution in [-0.2, 0) is 14.4 Å². The molecule has 5 N–H and O–H groups in total. The van der Waals surface area contributed by atoms with Gasteiger partial charge < -0.3 is 26.2 Å². The van der Waals surface area contributed by atoms with Crippen molar-refractivity contribution in [3.8, 4) is 0 Å². The molecule has 0 saturated heterocycles. The molecule has 0 aromatic rings. The number of hydrogen-bond donors (Lipinski definition) is 5. The topological polar surface area (TPSA) is 128 Å². The van der Waals surface area contributed by atoms with Crippen LogP contribution in [0.1, 0.15) is 33.6 Å². The monoisotopic (exact) mass is 317 g/mol. The molecule has 0 aliphatic rings. The van der Waals surface area contributed by atoms with Gasteiger partial charge in [-0.1, -0.05) is 20.8 Å². The van der Waals surface area contributed by atoms with Crippen molar-refractivity contribution in [3.63, 3.8) is 0 Å². The highest BCUT2D eigenvalue weighted by atomic mass is 16.3. The van der Waals surface area contributed by atoms with Crippen molar-refractivity contribution < 1.29 is 24.6 Å². The van der Waals surface area contributed by atoms with Crippen molar-refractivity contribution in [3.05, 3.63) is 0 Å². The van der Waals surface area contributed by atoms with Gasteiger partial charge in [-0.25, -0.2) is 0 Å². The van der Waals surface area contributed by atoms with Crippen LogP contribution in [0.3, 0.4) is 0 Å². The molecule has 0 rings (SSSR count). The van der Waals surface area contributed by atoms with Crippen LogP contribution in [-0.4, -0.2) is 60.3 Å². The zero-order valence-corrected chi connectivity index (χ0v) is 13.4. The van der Waals surface area contributed by atoms with E-state index < -0.39 is 17.4 Å². The summed E-state index contributed by atoms with van der Waals surface area (Å²) in [7, 11) is 0. The normalized spacial score (nSPS) is 12.4. The fraction of sp³-hybridized carbons (Fsp3) is 0.786. The number of carbonyl (C=O) groups is 3. The lowest BCUT2D eigenvalue weighted by atomic mass is 9.87. The smallest absolute Gasteiger partial charge is 0.249 e. The molecule has 0 spiro atoms. The third-order valence-electron chi connectivity index (χ3n) is 3.14. The molecule has 128 valence electrons. The van der Waals surface area contributed by atoms with Crippen LogP contribution in [0.5, 0.6) is 0 Å². The number of hydrogen-bond acceptors (Lipinski definition) is 5. The standard InChI is InChI=1S/C14H27N3O5/c1-4-10(19)15-7-8-16-11(20)5-6-17-13(22)12(21)14(2,3)9-18/h12,18,21H,4-9H2,1-3H3,(H,15,19)(H,16,20)(H,17,22)/t12-/m0/s1. The first-order valence-corrected chi connectivity index (χ1v) is 7.34. The molecule has 1 atom stereocenters. The summed E-state index contributed by atoms with van der Waals surface area (Å²) in [6.45, 7) is 5.30. The summed E-state index contributed by atoms with van der Waals surface area (Å²) in [6, 6.07) is 0. The minimum absolute atomic E-state index is 0.0692. The minimum Gasteiger partial charge on any atom is -0.396 e. The molecule has 0 aromatic carbocycles. The lowest BCUT2D eigenvalue weighted by Crippen LogP contribution is -2.46. The van der Waals surface area contributed by atoms with Gasteiger partial charge in [0.1, 0.15) is 6.10 Å². The van der Waals surface area contributed by atoms with E-state index in [0.29, 0.717) is 19.5 Å². The van der Waals surface area contributed by atoms with Crippen LogP contribution in [0.4, 0.5) is 0 Å². The highest BCUT2D eigenvalue weighted by Crippen LogP contribution is 2.19. The first-order chi connectivity index (χ1) is 10.2. The van der Waals surface area contributed by atoms with E-state index in [2.05, 4.69) is 16.0 Å². The van der Waals surface area contributed by atoms with Crippen LogP contribution in [0.2, 0.25) is 0 Å². The van der Waals surface area contributed by atoms with Crippen molar-refractivity contribution in [2.45, 2.75) is 39.7 Å². The average Bonchev–Trinajstić information content (AvgIpc) is 2.50. The van der Waals surface area contributed by atoms with E-state index in [4.69, 9.17) is 5.11 Å². The van der Waals surface area contributed by atoms with Gasteiger partial charge >= 0.3 is 0 Å². The van der Waals surface area contributed by atoms with Gasteiger partial charge in [0, 0.05) is 37.9 Å². The van der Waals surface area contributed by atoms with E-state index in [1.165, 1.54) is 0 Å². The Hall–Kier alpha value is -1.67. The zero-order chi connectivity index (χ0) is 17.2. The molecule has 8 nitrogen and oxygen atoms in total. The fourth-order valence-corrected chi connectivity index (χ4v) is 1.45. The molecule has 0 unspecified atom stereocenters. The summed E-state index contributed by atoms with van der Waals surface area (Å²) in [5, 5.41) is 26.5. The van der Waals surface area contributed by atoms with Gasteiger partial charge in [-0.05, 0) is 0 Å². The van der Waals surface area contributed by atoms with Gasteiger partial charge in [-0.2, -0.15) is 0 Å². The predicted octanol–water partition coefficient (Wildman–Crippen LogP) is -1.49. The molecule has 0 aliphatic carbocycles. The van der Waals surface area contributed by atoms with Crippen LogP contribution in [0.15, 0.2) is 0 Å². The van der Waals surface area contributed by atoms with Gasteiger partial charge in [0.15, 0.2) is 0 Å². The molecule has 0 bridgehead atoms. The Morgan fingerprint density at radius 1 is 1.00 bits per heavy atom. The third-order valence-corrected chi connectivity index (χ3v) is 3.14. The van der Waals surface area contributed by atoms with Gasteiger partial charge in [0.2, 0.25) is 17.7 Å². The van der Waals surface area contributed by atoms with E-state index in [0.717, 1.165) is 0 Å². The molecular formula is C14H27N3O5. The quantitative estimate of drug-likeness (QED) is 0.314. The Balaban J connectivity index is 3.84. The van der Waals surface area contributed by atoms with Crippen molar-refractivity contribution in [2.75, 3.05) is 26.2 Å². The zero-order valence-electron chi connectivity index (χ0n) is 13.4. The molecule has 0 radical (unpaired) electrons. The van der Waals surface area contributed by atoms with E-state index in [-0.39, 0.29) is 31.4 Å². The molecule has 0 fully saturated rings. The highest BCUT2D eigenvalue weighted by Gasteiger charge is 2.32. The Kier molecular flexibility index (Phi) is 9.35.